The summed E-state index contributed by atoms with van der Waals surface area (Å²) in [7, 11) is 2.03. The van der Waals surface area contributed by atoms with E-state index in [0.29, 0.717) is 18.9 Å². The average molecular weight is 432 g/mol. The first-order valence-electron chi connectivity index (χ1n) is 11.2. The molecule has 0 aliphatic carbocycles. The van der Waals surface area contributed by atoms with Gasteiger partial charge < -0.3 is 25.8 Å². The zero-order valence-corrected chi connectivity index (χ0v) is 18.7. The normalized spacial score (nSPS) is 18.4. The molecule has 0 bridgehead atoms. The van der Waals surface area contributed by atoms with Crippen LogP contribution in [0.1, 0.15) is 48.0 Å². The highest BCUT2D eigenvalue weighted by Crippen LogP contribution is 2.43. The lowest BCUT2D eigenvalue weighted by molar-refractivity contribution is -0.117. The van der Waals surface area contributed by atoms with Crippen molar-refractivity contribution in [2.24, 2.45) is 11.7 Å². The minimum absolute atomic E-state index is 0.0695. The topological polar surface area (TPSA) is 94.5 Å². The van der Waals surface area contributed by atoms with Gasteiger partial charge in [0.05, 0.1) is 23.0 Å². The second-order valence-corrected chi connectivity index (χ2v) is 9.25. The summed E-state index contributed by atoms with van der Waals surface area (Å²) in [6, 6.07) is 13.1. The van der Waals surface area contributed by atoms with Crippen LogP contribution in [0.15, 0.2) is 42.5 Å². The van der Waals surface area contributed by atoms with E-state index in [1.54, 1.807) is 0 Å². The van der Waals surface area contributed by atoms with Crippen LogP contribution in [0.4, 0.5) is 11.4 Å². The number of anilines is 2. The number of benzene rings is 2. The molecule has 2 aliphatic heterocycles. The molecule has 0 fully saturated rings. The van der Waals surface area contributed by atoms with E-state index in [-0.39, 0.29) is 18.0 Å². The number of aromatic amines is 1. The summed E-state index contributed by atoms with van der Waals surface area (Å²) in [5.41, 5.74) is 11.7. The Balaban J connectivity index is 1.50. The number of aromatic nitrogens is 1. The van der Waals surface area contributed by atoms with E-state index < -0.39 is 6.04 Å². The molecule has 7 heteroatoms. The highest BCUT2D eigenvalue weighted by Gasteiger charge is 2.41. The van der Waals surface area contributed by atoms with Crippen LogP contribution in [0, 0.1) is 5.92 Å². The van der Waals surface area contributed by atoms with Gasteiger partial charge in [0.1, 0.15) is 6.17 Å². The molecule has 3 heterocycles. The fourth-order valence-electron chi connectivity index (χ4n) is 5.06. The van der Waals surface area contributed by atoms with Gasteiger partial charge in [-0.1, -0.05) is 26.0 Å². The number of rotatable bonds is 4. The van der Waals surface area contributed by atoms with Crippen molar-refractivity contribution in [2.75, 3.05) is 23.8 Å². The first-order valence-corrected chi connectivity index (χ1v) is 11.2. The summed E-state index contributed by atoms with van der Waals surface area (Å²) in [6.07, 6.45) is 1.23. The van der Waals surface area contributed by atoms with Gasteiger partial charge in [-0.2, -0.15) is 0 Å². The van der Waals surface area contributed by atoms with E-state index in [0.717, 1.165) is 40.0 Å². The molecule has 2 amide bonds. The maximum Gasteiger partial charge on any atom is 0.257 e. The van der Waals surface area contributed by atoms with Gasteiger partial charge in [-0.3, -0.25) is 9.59 Å². The Morgan fingerprint density at radius 3 is 2.81 bits per heavy atom. The Hall–Kier alpha value is -3.32. The van der Waals surface area contributed by atoms with Crippen LogP contribution in [0.5, 0.6) is 0 Å². The monoisotopic (exact) mass is 431 g/mol. The van der Waals surface area contributed by atoms with Crippen LogP contribution >= 0.6 is 0 Å². The summed E-state index contributed by atoms with van der Waals surface area (Å²) in [5.74, 6) is 0.265. The number of nitrogens with one attached hydrogen (secondary N) is 2. The number of nitrogens with zero attached hydrogens (tertiary/aromatic N) is 2. The molecule has 0 saturated carbocycles. The largest absolute Gasteiger partial charge is 0.355 e. The Bertz CT molecular complexity index is 1210. The Labute approximate surface area is 187 Å². The summed E-state index contributed by atoms with van der Waals surface area (Å²) in [4.78, 5) is 33.3. The minimum atomic E-state index is -0.527. The third-order valence-electron chi connectivity index (χ3n) is 6.57. The van der Waals surface area contributed by atoms with E-state index in [1.165, 1.54) is 5.56 Å². The van der Waals surface area contributed by atoms with Gasteiger partial charge in [-0.05, 0) is 54.7 Å². The van der Waals surface area contributed by atoms with Gasteiger partial charge in [-0.15, -0.1) is 0 Å². The molecule has 0 saturated heterocycles. The molecular weight excluding hydrogens is 402 g/mol. The van der Waals surface area contributed by atoms with Crippen molar-refractivity contribution < 1.29 is 9.59 Å². The van der Waals surface area contributed by atoms with E-state index in [2.05, 4.69) is 29.0 Å². The quantitative estimate of drug-likeness (QED) is 0.588. The average Bonchev–Trinajstić information content (AvgIpc) is 3.14. The number of para-hydroxylation sites is 1. The minimum Gasteiger partial charge on any atom is -0.355 e. The molecular formula is C25H29N5O2. The highest BCUT2D eigenvalue weighted by atomic mass is 16.2. The van der Waals surface area contributed by atoms with Gasteiger partial charge in [0.2, 0.25) is 5.91 Å². The summed E-state index contributed by atoms with van der Waals surface area (Å²) < 4.78 is 0. The molecule has 2 atom stereocenters. The van der Waals surface area contributed by atoms with Crippen molar-refractivity contribution in [1.82, 2.24) is 9.88 Å². The maximum absolute atomic E-state index is 13.2. The van der Waals surface area contributed by atoms with Crippen LogP contribution in [0.2, 0.25) is 0 Å². The molecule has 4 N–H and O–H groups in total. The molecule has 32 heavy (non-hydrogen) atoms. The number of amides is 2. The molecule has 0 radical (unpaired) electrons. The van der Waals surface area contributed by atoms with Crippen LogP contribution in [-0.4, -0.2) is 41.3 Å². The Morgan fingerprint density at radius 2 is 2.03 bits per heavy atom. The molecule has 3 aromatic rings. The van der Waals surface area contributed by atoms with Crippen molar-refractivity contribution in [3.05, 3.63) is 59.3 Å². The SMILES string of the molecule is CC(C)CC(N)C(=O)Nc1ccc2[nH]c3c(c2c1)CCN1C(=O)c2ccccc2N(C)C31. The van der Waals surface area contributed by atoms with Crippen molar-refractivity contribution in [1.29, 1.82) is 0 Å². The number of carbonyl (C=O) groups is 2. The number of hydrogen-bond donors (Lipinski definition) is 3. The molecule has 1 aromatic heterocycles. The van der Waals surface area contributed by atoms with Crippen LogP contribution in [-0.2, 0) is 11.2 Å². The molecule has 5 rings (SSSR count). The van der Waals surface area contributed by atoms with Crippen molar-refractivity contribution in [2.45, 2.75) is 38.9 Å². The predicted octanol–water partition coefficient (Wildman–Crippen LogP) is 3.63. The first kappa shape index (κ1) is 20.6. The van der Waals surface area contributed by atoms with E-state index in [1.807, 2.05) is 54.4 Å². The third-order valence-corrected chi connectivity index (χ3v) is 6.57. The second-order valence-electron chi connectivity index (χ2n) is 9.25. The van der Waals surface area contributed by atoms with Crippen molar-refractivity contribution in [3.8, 4) is 0 Å². The summed E-state index contributed by atoms with van der Waals surface area (Å²) in [5, 5.41) is 4.05. The molecule has 2 unspecified atom stereocenters. The second kappa shape index (κ2) is 7.67. The van der Waals surface area contributed by atoms with Crippen LogP contribution < -0.4 is 16.0 Å². The molecule has 7 nitrogen and oxygen atoms in total. The van der Waals surface area contributed by atoms with Gasteiger partial charge in [0, 0.05) is 30.2 Å². The maximum atomic E-state index is 13.2. The zero-order valence-electron chi connectivity index (χ0n) is 18.7. The van der Waals surface area contributed by atoms with E-state index >= 15 is 0 Å². The predicted molar refractivity (Wildman–Crippen MR) is 127 cm³/mol. The smallest absolute Gasteiger partial charge is 0.257 e. The van der Waals surface area contributed by atoms with Gasteiger partial charge >= 0.3 is 0 Å². The third kappa shape index (κ3) is 3.24. The summed E-state index contributed by atoms with van der Waals surface area (Å²) >= 11 is 0. The number of hydrogen-bond acceptors (Lipinski definition) is 4. The van der Waals surface area contributed by atoms with E-state index in [4.69, 9.17) is 5.73 Å². The lowest BCUT2D eigenvalue weighted by atomic mass is 9.96. The van der Waals surface area contributed by atoms with Gasteiger partial charge in [0.25, 0.3) is 5.91 Å². The van der Waals surface area contributed by atoms with E-state index in [9.17, 15) is 9.59 Å². The molecule has 2 aliphatic rings. The van der Waals surface area contributed by atoms with Crippen LogP contribution in [0.25, 0.3) is 10.9 Å². The number of carbonyl (C=O) groups excluding carboxylic acids is 2. The molecule has 166 valence electrons. The standard InChI is InChI=1S/C25H29N5O2/c1-14(2)12-19(26)23(31)27-15-8-9-20-18(13-15)16-10-11-30-24(22(16)28-20)29(3)21-7-5-4-6-17(21)25(30)32/h4-9,13-14,19,24,28H,10-12,26H2,1-3H3,(H,27,31). The van der Waals surface area contributed by atoms with Crippen molar-refractivity contribution in [3.63, 3.8) is 0 Å². The number of fused-ring (bicyclic) bond motifs is 6. The van der Waals surface area contributed by atoms with Gasteiger partial charge in [0.15, 0.2) is 0 Å². The van der Waals surface area contributed by atoms with Crippen LogP contribution in [0.3, 0.4) is 0 Å². The molecule has 0 spiro atoms. The number of H-pyrrole nitrogens is 1. The number of nitrogens with two attached hydrogens (primary N) is 1. The first-order chi connectivity index (χ1) is 15.3. The fraction of sp³-hybridized carbons (Fsp3) is 0.360. The lowest BCUT2D eigenvalue weighted by Crippen LogP contribution is -2.51. The Kier molecular flexibility index (Phi) is 4.93. The summed E-state index contributed by atoms with van der Waals surface area (Å²) in [6.45, 7) is 4.76. The molecule has 2 aromatic carbocycles. The van der Waals surface area contributed by atoms with Gasteiger partial charge in [-0.25, -0.2) is 0 Å². The lowest BCUT2D eigenvalue weighted by Gasteiger charge is -2.46. The van der Waals surface area contributed by atoms with Crippen molar-refractivity contribution >= 4 is 34.1 Å². The Morgan fingerprint density at radius 1 is 1.25 bits per heavy atom. The highest BCUT2D eigenvalue weighted by molar-refractivity contribution is 6.03. The fourth-order valence-corrected chi connectivity index (χ4v) is 5.06. The zero-order chi connectivity index (χ0) is 22.6.